The first-order valence-electron chi connectivity index (χ1n) is 5.79. The number of esters is 2. The minimum Gasteiger partial charge on any atom is -0.507 e. The molecule has 0 aliphatic carbocycles. The second-order valence-corrected chi connectivity index (χ2v) is 5.12. The van der Waals surface area contributed by atoms with Crippen LogP contribution < -0.4 is 0 Å². The largest absolute Gasteiger partial charge is 0.507 e. The van der Waals surface area contributed by atoms with Crippen LogP contribution in [0.4, 0.5) is 0 Å². The van der Waals surface area contributed by atoms with Crippen molar-refractivity contribution < 1.29 is 19.4 Å². The average molecular weight is 335 g/mol. The summed E-state index contributed by atoms with van der Waals surface area (Å²) in [4.78, 5) is 23.7. The molecule has 0 saturated heterocycles. The normalized spacial score (nSPS) is 10.1. The summed E-state index contributed by atoms with van der Waals surface area (Å²) in [5.74, 6) is -1.89. The molecule has 5 heteroatoms. The molecule has 0 aromatic heterocycles. The smallest absolute Gasteiger partial charge is 0.349 e. The minimum absolute atomic E-state index is 0.0691. The van der Waals surface area contributed by atoms with Crippen LogP contribution >= 0.6 is 15.9 Å². The van der Waals surface area contributed by atoms with E-state index in [9.17, 15) is 14.7 Å². The first kappa shape index (κ1) is 14.3. The molecule has 0 spiro atoms. The van der Waals surface area contributed by atoms with Crippen molar-refractivity contribution in [3.05, 3.63) is 63.6 Å². The maximum atomic E-state index is 11.9. The molecule has 0 saturated carbocycles. The highest BCUT2D eigenvalue weighted by atomic mass is 79.9. The van der Waals surface area contributed by atoms with Crippen LogP contribution in [0.2, 0.25) is 0 Å². The number of rotatable bonds is 2. The minimum atomic E-state index is -0.893. The van der Waals surface area contributed by atoms with E-state index in [1.807, 2.05) is 13.0 Å². The molecule has 102 valence electrons. The number of phenols is 1. The molecule has 0 radical (unpaired) electrons. The quantitative estimate of drug-likeness (QED) is 0.674. The summed E-state index contributed by atoms with van der Waals surface area (Å²) < 4.78 is 5.36. The Morgan fingerprint density at radius 1 is 1.10 bits per heavy atom. The van der Waals surface area contributed by atoms with Crippen molar-refractivity contribution in [3.8, 4) is 5.75 Å². The zero-order valence-corrected chi connectivity index (χ0v) is 12.2. The molecule has 0 amide bonds. The second-order valence-electron chi connectivity index (χ2n) is 4.21. The van der Waals surface area contributed by atoms with Gasteiger partial charge in [-0.05, 0) is 37.3 Å². The van der Waals surface area contributed by atoms with E-state index < -0.39 is 11.9 Å². The van der Waals surface area contributed by atoms with E-state index in [2.05, 4.69) is 15.9 Å². The second kappa shape index (κ2) is 5.88. The molecule has 0 aliphatic heterocycles. The molecular weight excluding hydrogens is 324 g/mol. The summed E-state index contributed by atoms with van der Waals surface area (Å²) in [6, 6.07) is 11.0. The number of phenolic OH excluding ortho intramolecular Hbond substituents is 1. The molecule has 2 aromatic rings. The van der Waals surface area contributed by atoms with Gasteiger partial charge in [-0.25, -0.2) is 9.59 Å². The molecule has 0 aliphatic rings. The fraction of sp³-hybridized carbons (Fsp3) is 0.0667. The first-order chi connectivity index (χ1) is 9.47. The van der Waals surface area contributed by atoms with Gasteiger partial charge in [0.2, 0.25) is 0 Å². The molecule has 0 bridgehead atoms. The number of carbonyl (C=O) groups is 2. The SMILES string of the molecule is Cc1cccc(C(=O)OC(=O)c2cc(Br)ccc2O)c1. The number of carbonyl (C=O) groups excluding carboxylic acids is 2. The molecule has 2 rings (SSSR count). The van der Waals surface area contributed by atoms with Gasteiger partial charge in [-0.3, -0.25) is 0 Å². The van der Waals surface area contributed by atoms with E-state index in [4.69, 9.17) is 4.74 Å². The molecule has 20 heavy (non-hydrogen) atoms. The van der Waals surface area contributed by atoms with Crippen molar-refractivity contribution in [2.45, 2.75) is 6.92 Å². The number of benzene rings is 2. The van der Waals surface area contributed by atoms with E-state index in [1.54, 1.807) is 24.3 Å². The predicted molar refractivity (Wildman–Crippen MR) is 76.7 cm³/mol. The van der Waals surface area contributed by atoms with Gasteiger partial charge >= 0.3 is 11.9 Å². The number of halogens is 1. The highest BCUT2D eigenvalue weighted by Crippen LogP contribution is 2.23. The zero-order chi connectivity index (χ0) is 14.7. The summed E-state index contributed by atoms with van der Waals surface area (Å²) in [6.45, 7) is 1.83. The van der Waals surface area contributed by atoms with E-state index in [0.717, 1.165) is 5.56 Å². The van der Waals surface area contributed by atoms with E-state index in [1.165, 1.54) is 12.1 Å². The lowest BCUT2D eigenvalue weighted by molar-refractivity contribution is 0.0396. The van der Waals surface area contributed by atoms with Gasteiger partial charge in [-0.15, -0.1) is 0 Å². The van der Waals surface area contributed by atoms with Crippen LogP contribution in [0.3, 0.4) is 0 Å². The molecule has 0 unspecified atom stereocenters. The van der Waals surface area contributed by atoms with E-state index in [0.29, 0.717) is 4.47 Å². The Morgan fingerprint density at radius 3 is 2.55 bits per heavy atom. The Balaban J connectivity index is 2.19. The van der Waals surface area contributed by atoms with Crippen molar-refractivity contribution in [3.63, 3.8) is 0 Å². The van der Waals surface area contributed by atoms with Crippen molar-refractivity contribution in [1.82, 2.24) is 0 Å². The molecule has 2 aromatic carbocycles. The predicted octanol–water partition coefficient (Wildman–Crippen LogP) is 3.46. The lowest BCUT2D eigenvalue weighted by Crippen LogP contribution is -2.13. The summed E-state index contributed by atoms with van der Waals surface area (Å²) in [5, 5.41) is 9.60. The van der Waals surface area contributed by atoms with Gasteiger partial charge in [0, 0.05) is 4.47 Å². The fourth-order valence-electron chi connectivity index (χ4n) is 1.64. The monoisotopic (exact) mass is 334 g/mol. The molecule has 1 N–H and O–H groups in total. The standard InChI is InChI=1S/C15H11BrO4/c1-9-3-2-4-10(7-9)14(18)20-15(19)12-8-11(16)5-6-13(12)17/h2-8,17H,1H3. The highest BCUT2D eigenvalue weighted by molar-refractivity contribution is 9.10. The topological polar surface area (TPSA) is 63.6 Å². The van der Waals surface area contributed by atoms with Gasteiger partial charge in [0.25, 0.3) is 0 Å². The fourth-order valence-corrected chi connectivity index (χ4v) is 2.00. The summed E-state index contributed by atoms with van der Waals surface area (Å²) >= 11 is 3.18. The van der Waals surface area contributed by atoms with Crippen LogP contribution in [-0.2, 0) is 4.74 Å². The van der Waals surface area contributed by atoms with Gasteiger partial charge < -0.3 is 9.84 Å². The number of hydrogen-bond acceptors (Lipinski definition) is 4. The van der Waals surface area contributed by atoms with Gasteiger partial charge in [0.05, 0.1) is 5.56 Å². The number of hydrogen-bond donors (Lipinski definition) is 1. The Bertz CT molecular complexity index is 679. The third kappa shape index (κ3) is 3.24. The Morgan fingerprint density at radius 2 is 1.85 bits per heavy atom. The zero-order valence-electron chi connectivity index (χ0n) is 10.6. The summed E-state index contributed by atoms with van der Waals surface area (Å²) in [6.07, 6.45) is 0. The third-order valence-corrected chi connectivity index (χ3v) is 3.11. The van der Waals surface area contributed by atoms with Crippen LogP contribution in [0.1, 0.15) is 26.3 Å². The van der Waals surface area contributed by atoms with Crippen molar-refractivity contribution in [2.75, 3.05) is 0 Å². The maximum Gasteiger partial charge on any atom is 0.349 e. The summed E-state index contributed by atoms with van der Waals surface area (Å²) in [7, 11) is 0. The highest BCUT2D eigenvalue weighted by Gasteiger charge is 2.18. The van der Waals surface area contributed by atoms with Gasteiger partial charge in [-0.1, -0.05) is 33.6 Å². The van der Waals surface area contributed by atoms with Crippen molar-refractivity contribution in [1.29, 1.82) is 0 Å². The van der Waals surface area contributed by atoms with Crippen LogP contribution in [0.5, 0.6) is 5.75 Å². The van der Waals surface area contributed by atoms with Gasteiger partial charge in [-0.2, -0.15) is 0 Å². The van der Waals surface area contributed by atoms with Crippen LogP contribution in [0.25, 0.3) is 0 Å². The Kier molecular flexibility index (Phi) is 4.20. The third-order valence-electron chi connectivity index (χ3n) is 2.62. The van der Waals surface area contributed by atoms with E-state index >= 15 is 0 Å². The van der Waals surface area contributed by atoms with Crippen LogP contribution in [-0.4, -0.2) is 17.0 Å². The van der Waals surface area contributed by atoms with Crippen molar-refractivity contribution >= 4 is 27.9 Å². The average Bonchev–Trinajstić information content (AvgIpc) is 2.41. The lowest BCUT2D eigenvalue weighted by atomic mass is 10.1. The van der Waals surface area contributed by atoms with Crippen molar-refractivity contribution in [2.24, 2.45) is 0 Å². The Hall–Kier alpha value is -2.14. The van der Waals surface area contributed by atoms with Crippen LogP contribution in [0, 0.1) is 6.92 Å². The molecule has 0 fully saturated rings. The molecule has 0 heterocycles. The molecule has 0 atom stereocenters. The lowest BCUT2D eigenvalue weighted by Gasteiger charge is -2.06. The molecule has 4 nitrogen and oxygen atoms in total. The Labute approximate surface area is 124 Å². The first-order valence-corrected chi connectivity index (χ1v) is 6.58. The van der Waals surface area contributed by atoms with Crippen LogP contribution in [0.15, 0.2) is 46.9 Å². The van der Waals surface area contributed by atoms with E-state index in [-0.39, 0.29) is 16.9 Å². The molecular formula is C15H11BrO4. The number of aromatic hydroxyl groups is 1. The summed E-state index contributed by atoms with van der Waals surface area (Å²) in [5.41, 5.74) is 1.10. The maximum absolute atomic E-state index is 11.9. The number of ether oxygens (including phenoxy) is 1. The van der Waals surface area contributed by atoms with Gasteiger partial charge in [0.1, 0.15) is 11.3 Å². The van der Waals surface area contributed by atoms with Gasteiger partial charge in [0.15, 0.2) is 0 Å². The number of aryl methyl sites for hydroxylation is 1.